The Kier molecular flexibility index (Phi) is 6.95. The van der Waals surface area contributed by atoms with Crippen LogP contribution in [0.2, 0.25) is 0 Å². The van der Waals surface area contributed by atoms with E-state index in [0.29, 0.717) is 11.3 Å². The molecule has 0 aliphatic heterocycles. The molecule has 1 aromatic heterocycles. The van der Waals surface area contributed by atoms with Gasteiger partial charge in [-0.05, 0) is 29.8 Å². The molecule has 2 aromatic carbocycles. The van der Waals surface area contributed by atoms with Crippen molar-refractivity contribution < 1.29 is 31.6 Å². The number of aromatic nitrogens is 2. The fourth-order valence-corrected chi connectivity index (χ4v) is 4.76. The van der Waals surface area contributed by atoms with Crippen LogP contribution >= 0.6 is 0 Å². The number of benzene rings is 2. The number of hydrogen-bond donors (Lipinski definition) is 2. The summed E-state index contributed by atoms with van der Waals surface area (Å²) in [7, 11) is -6.90. The number of anilines is 1. The molecule has 11 nitrogen and oxygen atoms in total. The Balaban J connectivity index is 2.28. The van der Waals surface area contributed by atoms with Crippen LogP contribution in [0.3, 0.4) is 0 Å². The van der Waals surface area contributed by atoms with Crippen molar-refractivity contribution in [2.45, 2.75) is 16.6 Å². The van der Waals surface area contributed by atoms with Gasteiger partial charge in [0.15, 0.2) is 5.82 Å². The highest BCUT2D eigenvalue weighted by Gasteiger charge is 2.32. The molecule has 0 aliphatic rings. The lowest BCUT2D eigenvalue weighted by Gasteiger charge is -2.25. The van der Waals surface area contributed by atoms with Crippen LogP contribution in [0, 0.1) is 0 Å². The van der Waals surface area contributed by atoms with E-state index in [9.17, 15) is 21.6 Å². The number of sulfone groups is 1. The van der Waals surface area contributed by atoms with Crippen molar-refractivity contribution in [3.8, 4) is 5.75 Å². The highest BCUT2D eigenvalue weighted by atomic mass is 32.2. The number of nitrogens with one attached hydrogen (secondary N) is 1. The monoisotopic (exact) mass is 492 g/mol. The first-order chi connectivity index (χ1) is 15.6. The molecule has 0 saturated heterocycles. The number of nitrogens with zero attached hydrogens (tertiary/aromatic N) is 3. The van der Waals surface area contributed by atoms with Crippen molar-refractivity contribution >= 4 is 31.6 Å². The molecule has 0 spiro atoms. The predicted molar refractivity (Wildman–Crippen MR) is 117 cm³/mol. The zero-order valence-corrected chi connectivity index (χ0v) is 19.2. The summed E-state index contributed by atoms with van der Waals surface area (Å²) in [5.41, 5.74) is 1.48. The van der Waals surface area contributed by atoms with Gasteiger partial charge < -0.3 is 4.74 Å². The summed E-state index contributed by atoms with van der Waals surface area (Å²) in [5.74, 6) is -1.21. The third kappa shape index (κ3) is 5.27. The molecule has 0 aliphatic carbocycles. The number of ether oxygens (including phenoxy) is 1. The highest BCUT2D eigenvalue weighted by molar-refractivity contribution is 7.92. The first-order valence-electron chi connectivity index (χ1n) is 9.30. The molecule has 0 radical (unpaired) electrons. The van der Waals surface area contributed by atoms with Gasteiger partial charge in [0.1, 0.15) is 11.3 Å². The zero-order valence-electron chi connectivity index (χ0n) is 17.5. The average Bonchev–Trinajstić information content (AvgIpc) is 2.81. The largest absolute Gasteiger partial charge is 0.497 e. The third-order valence-corrected chi connectivity index (χ3v) is 7.09. The topological polar surface area (TPSA) is 156 Å². The second-order valence-corrected chi connectivity index (χ2v) is 10.5. The summed E-state index contributed by atoms with van der Waals surface area (Å²) in [5, 5.41) is 8.45. The van der Waals surface area contributed by atoms with E-state index in [1.54, 1.807) is 30.3 Å². The van der Waals surface area contributed by atoms with Crippen molar-refractivity contribution in [1.82, 2.24) is 15.4 Å². The van der Waals surface area contributed by atoms with E-state index >= 15 is 0 Å². The Morgan fingerprint density at radius 3 is 2.24 bits per heavy atom. The molecule has 13 heteroatoms. The van der Waals surface area contributed by atoms with Crippen LogP contribution in [0.15, 0.2) is 70.8 Å². The van der Waals surface area contributed by atoms with E-state index < -0.39 is 42.3 Å². The molecule has 2 N–H and O–H groups in total. The van der Waals surface area contributed by atoms with Crippen molar-refractivity contribution in [2.24, 2.45) is 0 Å². The maximum Gasteiger partial charge on any atom is 0.280 e. The minimum absolute atomic E-state index is 0.158. The molecule has 0 bridgehead atoms. The second kappa shape index (κ2) is 9.52. The van der Waals surface area contributed by atoms with Gasteiger partial charge in [0, 0.05) is 12.5 Å². The summed E-state index contributed by atoms with van der Waals surface area (Å²) >= 11 is 0. The van der Waals surface area contributed by atoms with Crippen molar-refractivity contribution in [1.29, 1.82) is 0 Å². The molecule has 3 aromatic rings. The van der Waals surface area contributed by atoms with Gasteiger partial charge in [0.25, 0.3) is 15.9 Å². The molecule has 3 rings (SSSR count). The minimum Gasteiger partial charge on any atom is -0.497 e. The lowest BCUT2D eigenvalue weighted by molar-refractivity contribution is 0.0706. The fraction of sp³-hybridized carbons (Fsp3) is 0.150. The van der Waals surface area contributed by atoms with Gasteiger partial charge in [-0.1, -0.05) is 30.3 Å². The van der Waals surface area contributed by atoms with Gasteiger partial charge >= 0.3 is 0 Å². The van der Waals surface area contributed by atoms with E-state index in [0.717, 1.165) is 16.8 Å². The van der Waals surface area contributed by atoms with Crippen molar-refractivity contribution in [2.75, 3.05) is 17.7 Å². The molecule has 0 atom stereocenters. The molecule has 1 heterocycles. The van der Waals surface area contributed by atoms with Crippen LogP contribution in [0.1, 0.15) is 15.9 Å². The van der Waals surface area contributed by atoms with E-state index in [2.05, 4.69) is 9.97 Å². The SMILES string of the molecule is COc1ccc(S(=O)(=O)N(Cc2ccccc2)c2nc(S(C)(=O)=O)ncc2C(=O)NO)cc1. The van der Waals surface area contributed by atoms with Crippen LogP contribution in [0.5, 0.6) is 5.75 Å². The van der Waals surface area contributed by atoms with Crippen LogP contribution < -0.4 is 14.5 Å². The summed E-state index contributed by atoms with van der Waals surface area (Å²) in [6.07, 6.45) is 1.68. The maximum atomic E-state index is 13.6. The number of sulfonamides is 1. The lowest BCUT2D eigenvalue weighted by atomic mass is 10.2. The zero-order chi connectivity index (χ0) is 24.2. The molecular formula is C20H20N4O7S2. The standard InChI is InChI=1S/C20H20N4O7S2/c1-31-15-8-10-16(11-9-15)33(29,30)24(13-14-6-4-3-5-7-14)18-17(19(25)23-26)12-21-20(22-18)32(2,27)28/h3-12,26H,13H2,1-2H3,(H,23,25). The van der Waals surface area contributed by atoms with Crippen molar-refractivity contribution in [3.63, 3.8) is 0 Å². The minimum atomic E-state index is -4.37. The van der Waals surface area contributed by atoms with Crippen molar-refractivity contribution in [3.05, 3.63) is 71.9 Å². The Labute approximate surface area is 190 Å². The number of hydroxylamine groups is 1. The molecule has 0 saturated carbocycles. The molecule has 0 unspecified atom stereocenters. The fourth-order valence-electron chi connectivity index (χ4n) is 2.84. The number of methoxy groups -OCH3 is 1. The Morgan fingerprint density at radius 2 is 1.70 bits per heavy atom. The predicted octanol–water partition coefficient (Wildman–Crippen LogP) is 1.40. The van der Waals surface area contributed by atoms with Gasteiger partial charge in [0.05, 0.1) is 18.6 Å². The van der Waals surface area contributed by atoms with Gasteiger partial charge in [-0.25, -0.2) is 31.6 Å². The smallest absolute Gasteiger partial charge is 0.280 e. The number of rotatable bonds is 8. The molecule has 33 heavy (non-hydrogen) atoms. The number of hydrogen-bond acceptors (Lipinski definition) is 9. The summed E-state index contributed by atoms with van der Waals surface area (Å²) in [4.78, 5) is 19.6. The Bertz CT molecular complexity index is 1360. The normalized spacial score (nSPS) is 11.6. The van der Waals surface area contributed by atoms with Gasteiger partial charge in [-0.2, -0.15) is 4.98 Å². The summed E-state index contributed by atoms with van der Waals surface area (Å²) in [6, 6.07) is 13.9. The number of carbonyl (C=O) groups excluding carboxylic acids is 1. The van der Waals surface area contributed by atoms with Crippen LogP contribution in [0.25, 0.3) is 0 Å². The molecule has 174 valence electrons. The van der Waals surface area contributed by atoms with Gasteiger partial charge in [-0.3, -0.25) is 10.0 Å². The van der Waals surface area contributed by atoms with Gasteiger partial charge in [0.2, 0.25) is 15.0 Å². The maximum absolute atomic E-state index is 13.6. The first kappa shape index (κ1) is 24.1. The van der Waals surface area contributed by atoms with Gasteiger partial charge in [-0.15, -0.1) is 0 Å². The summed E-state index contributed by atoms with van der Waals surface area (Å²) < 4.78 is 57.2. The third-order valence-electron chi connectivity index (χ3n) is 4.48. The highest BCUT2D eigenvalue weighted by Crippen LogP contribution is 2.29. The molecule has 1 amide bonds. The van der Waals surface area contributed by atoms with E-state index in [4.69, 9.17) is 9.94 Å². The van der Waals surface area contributed by atoms with Crippen LogP contribution in [-0.4, -0.2) is 51.3 Å². The quantitative estimate of drug-likeness (QED) is 0.269. The molecule has 0 fully saturated rings. The van der Waals surface area contributed by atoms with E-state index in [1.807, 2.05) is 0 Å². The first-order valence-corrected chi connectivity index (χ1v) is 12.6. The van der Waals surface area contributed by atoms with E-state index in [-0.39, 0.29) is 11.4 Å². The number of carbonyl (C=O) groups is 1. The van der Waals surface area contributed by atoms with Crippen LogP contribution in [-0.2, 0) is 26.4 Å². The molecular weight excluding hydrogens is 472 g/mol. The number of amides is 1. The van der Waals surface area contributed by atoms with E-state index in [1.165, 1.54) is 36.9 Å². The lowest BCUT2D eigenvalue weighted by Crippen LogP contribution is -2.34. The second-order valence-electron chi connectivity index (χ2n) is 6.78. The average molecular weight is 493 g/mol. The Morgan fingerprint density at radius 1 is 1.06 bits per heavy atom. The Hall–Kier alpha value is -3.55. The van der Waals surface area contributed by atoms with Crippen LogP contribution in [0.4, 0.5) is 5.82 Å². The summed E-state index contributed by atoms with van der Waals surface area (Å²) in [6.45, 7) is -0.291.